The lowest BCUT2D eigenvalue weighted by atomic mass is 9.86. The molecule has 0 fully saturated rings. The molecule has 0 aromatic rings. The van der Waals surface area contributed by atoms with Crippen LogP contribution in [-0.2, 0) is 23.2 Å². The third-order valence-corrected chi connectivity index (χ3v) is 6.46. The summed E-state index contributed by atoms with van der Waals surface area (Å²) in [6.07, 6.45) is 7.76. The van der Waals surface area contributed by atoms with Crippen molar-refractivity contribution >= 4 is 19.8 Å². The second-order valence-corrected chi connectivity index (χ2v) is 10.9. The molecule has 0 aromatic heterocycles. The average molecular weight is 510 g/mol. The van der Waals surface area contributed by atoms with E-state index in [0.29, 0.717) is 6.08 Å². The number of nitrogens with zero attached hydrogens (tertiary/aromatic N) is 1. The highest BCUT2D eigenvalue weighted by molar-refractivity contribution is 7.47. The van der Waals surface area contributed by atoms with Crippen LogP contribution in [-0.4, -0.2) is 65.8 Å². The molecular weight excluding hydrogens is 461 g/mol. The minimum atomic E-state index is -3.87. The fraction of sp³-hybridized carbons (Fsp3) is 0.833. The molecule has 0 aliphatic rings. The lowest BCUT2D eigenvalue weighted by Gasteiger charge is -2.39. The van der Waals surface area contributed by atoms with E-state index in [1.165, 1.54) is 38.5 Å². The number of carboxylic acids is 2. The predicted octanol–water partition coefficient (Wildman–Crippen LogP) is 4.15. The van der Waals surface area contributed by atoms with E-state index >= 15 is 0 Å². The first-order valence-corrected chi connectivity index (χ1v) is 13.8. The largest absolute Gasteiger partial charge is 0.545 e. The third kappa shape index (κ3) is 17.2. The molecule has 1 unspecified atom stereocenters. The van der Waals surface area contributed by atoms with Gasteiger partial charge in [-0.1, -0.05) is 60.8 Å². The van der Waals surface area contributed by atoms with Crippen molar-refractivity contribution in [2.24, 2.45) is 5.41 Å². The van der Waals surface area contributed by atoms with Crippen LogP contribution in [0.15, 0.2) is 11.6 Å². The molecule has 0 rings (SSSR count). The van der Waals surface area contributed by atoms with Crippen molar-refractivity contribution in [3.05, 3.63) is 11.6 Å². The number of phosphoric acid groups is 1. The smallest absolute Gasteiger partial charge is 0.472 e. The quantitative estimate of drug-likeness (QED) is 0.170. The maximum atomic E-state index is 11.6. The van der Waals surface area contributed by atoms with Gasteiger partial charge in [0.15, 0.2) is 0 Å². The lowest BCUT2D eigenvalue weighted by molar-refractivity contribution is -0.928. The Bertz CT molecular complexity index is 636. The number of carboxylic acid groups (broad SMARTS) is 2. The number of phosphoric ester groups is 1. The van der Waals surface area contributed by atoms with Crippen LogP contribution in [0.4, 0.5) is 0 Å². The Morgan fingerprint density at radius 1 is 0.912 bits per heavy atom. The number of carbonyl (C=O) groups excluding carboxylic acids is 1. The van der Waals surface area contributed by atoms with Crippen LogP contribution >= 0.6 is 7.82 Å². The molecular formula is C24H48NO8P. The van der Waals surface area contributed by atoms with E-state index in [9.17, 15) is 24.2 Å². The zero-order valence-electron chi connectivity index (χ0n) is 22.3. The lowest BCUT2D eigenvalue weighted by Crippen LogP contribution is -2.52. The summed E-state index contributed by atoms with van der Waals surface area (Å²) in [4.78, 5) is 30.2. The monoisotopic (exact) mass is 509 g/mol. The van der Waals surface area contributed by atoms with Gasteiger partial charge in [-0.3, -0.25) is 9.05 Å². The molecule has 0 saturated carbocycles. The van der Waals surface area contributed by atoms with Gasteiger partial charge < -0.3 is 24.4 Å². The van der Waals surface area contributed by atoms with E-state index in [-0.39, 0.29) is 18.8 Å². The van der Waals surface area contributed by atoms with Gasteiger partial charge in [0.05, 0.1) is 32.2 Å². The second-order valence-electron chi connectivity index (χ2n) is 9.45. The number of unbranched alkanes of at least 4 members (excludes halogenated alkanes) is 3. The van der Waals surface area contributed by atoms with Gasteiger partial charge in [0.25, 0.3) is 0 Å². The van der Waals surface area contributed by atoms with Crippen LogP contribution in [0.2, 0.25) is 0 Å². The minimum Gasteiger partial charge on any atom is -0.545 e. The Balaban J connectivity index is 0. The van der Waals surface area contributed by atoms with Gasteiger partial charge in [-0.15, -0.1) is 0 Å². The maximum absolute atomic E-state index is 11.6. The molecule has 34 heavy (non-hydrogen) atoms. The van der Waals surface area contributed by atoms with Gasteiger partial charge in [-0.05, 0) is 37.2 Å². The van der Waals surface area contributed by atoms with Crippen molar-refractivity contribution in [2.75, 3.05) is 39.4 Å². The molecule has 0 aliphatic carbocycles. The molecule has 202 valence electrons. The fourth-order valence-electron chi connectivity index (χ4n) is 3.41. The Morgan fingerprint density at radius 2 is 1.35 bits per heavy atom. The molecule has 0 bridgehead atoms. The van der Waals surface area contributed by atoms with E-state index in [2.05, 4.69) is 20.8 Å². The zero-order chi connectivity index (χ0) is 26.8. The number of carbonyl (C=O) groups is 2. The summed E-state index contributed by atoms with van der Waals surface area (Å²) < 4.78 is 22.6. The van der Waals surface area contributed by atoms with E-state index in [1.54, 1.807) is 27.7 Å². The fourth-order valence-corrected chi connectivity index (χ4v) is 4.12. The van der Waals surface area contributed by atoms with Gasteiger partial charge >= 0.3 is 13.8 Å². The number of aliphatic carboxylic acids is 2. The van der Waals surface area contributed by atoms with E-state index < -0.39 is 25.2 Å². The first kappa shape index (κ1) is 34.9. The molecule has 0 saturated heterocycles. The Labute approximate surface area is 206 Å². The number of hydrogen-bond acceptors (Lipinski definition) is 6. The van der Waals surface area contributed by atoms with Gasteiger partial charge in [0.2, 0.25) is 0 Å². The van der Waals surface area contributed by atoms with Crippen molar-refractivity contribution < 1.29 is 42.8 Å². The zero-order valence-corrected chi connectivity index (χ0v) is 23.2. The molecule has 0 aliphatic heterocycles. The topological polar surface area (TPSA) is 133 Å². The molecule has 1 atom stereocenters. The van der Waals surface area contributed by atoms with Crippen LogP contribution in [0, 0.1) is 5.41 Å². The first-order chi connectivity index (χ1) is 15.7. The third-order valence-electron chi connectivity index (χ3n) is 5.37. The number of rotatable bonds is 17. The standard InChI is InChI=1S/C16H36NO4P.C8H12O4/c1-5-9-12-17(13-10-6-2,14-11-7-3)15-16-21-22(18,19)20-8-4;1-8(2,3)5(7(11)12)4-6(9)10/h5-16H2,1-4H3;4H,1-3H3,(H,9,10)(H,11,12)/b;5-4-. The summed E-state index contributed by atoms with van der Waals surface area (Å²) in [5.74, 6) is -2.71. The highest BCUT2D eigenvalue weighted by Crippen LogP contribution is 2.42. The average Bonchev–Trinajstić information content (AvgIpc) is 2.72. The summed E-state index contributed by atoms with van der Waals surface area (Å²) in [6.45, 7) is 17.8. The summed E-state index contributed by atoms with van der Waals surface area (Å²) in [5, 5.41) is 18.8. The van der Waals surface area contributed by atoms with Crippen LogP contribution in [0.1, 0.15) is 87.0 Å². The van der Waals surface area contributed by atoms with E-state index in [4.69, 9.17) is 14.2 Å². The van der Waals surface area contributed by atoms with Crippen LogP contribution < -0.4 is 5.11 Å². The highest BCUT2D eigenvalue weighted by atomic mass is 31.2. The van der Waals surface area contributed by atoms with Crippen LogP contribution in [0.3, 0.4) is 0 Å². The van der Waals surface area contributed by atoms with Crippen LogP contribution in [0.5, 0.6) is 0 Å². The number of hydrogen-bond donors (Lipinski definition) is 2. The SMILES string of the molecule is CC(C)(C)/C(=C\C(=O)O)C(=O)[O-].CCCC[N+](CCCC)(CCCC)CCOP(=O)(O)OCC. The molecule has 0 aromatic carbocycles. The van der Waals surface area contributed by atoms with E-state index in [1.807, 2.05) is 0 Å². The van der Waals surface area contributed by atoms with Crippen molar-refractivity contribution in [1.82, 2.24) is 0 Å². The molecule has 0 radical (unpaired) electrons. The molecule has 2 N–H and O–H groups in total. The van der Waals surface area contributed by atoms with Gasteiger partial charge in [0, 0.05) is 6.08 Å². The minimum absolute atomic E-state index is 0.190. The van der Waals surface area contributed by atoms with E-state index in [0.717, 1.165) is 30.7 Å². The molecule has 0 amide bonds. The maximum Gasteiger partial charge on any atom is 0.472 e. The first-order valence-electron chi connectivity index (χ1n) is 12.3. The van der Waals surface area contributed by atoms with Crippen molar-refractivity contribution in [1.29, 1.82) is 0 Å². The Kier molecular flexibility index (Phi) is 18.6. The summed E-state index contributed by atoms with van der Waals surface area (Å²) >= 11 is 0. The normalized spacial score (nSPS) is 14.2. The molecule has 10 heteroatoms. The van der Waals surface area contributed by atoms with Crippen molar-refractivity contribution in [3.63, 3.8) is 0 Å². The Morgan fingerprint density at radius 3 is 1.62 bits per heavy atom. The van der Waals surface area contributed by atoms with Gasteiger partial charge in [-0.2, -0.15) is 0 Å². The van der Waals surface area contributed by atoms with Crippen LogP contribution in [0.25, 0.3) is 0 Å². The highest BCUT2D eigenvalue weighted by Gasteiger charge is 2.28. The summed E-state index contributed by atoms with van der Waals surface area (Å²) in [6, 6.07) is 0. The van der Waals surface area contributed by atoms with Gasteiger partial charge in [-0.25, -0.2) is 9.36 Å². The molecule has 0 heterocycles. The molecule has 9 nitrogen and oxygen atoms in total. The van der Waals surface area contributed by atoms with Crippen molar-refractivity contribution in [2.45, 2.75) is 87.0 Å². The van der Waals surface area contributed by atoms with Crippen molar-refractivity contribution in [3.8, 4) is 0 Å². The second kappa shape index (κ2) is 18.1. The summed E-state index contributed by atoms with van der Waals surface area (Å²) in [7, 11) is -3.87. The molecule has 0 spiro atoms. The predicted molar refractivity (Wildman–Crippen MR) is 132 cm³/mol. The number of quaternary nitrogens is 1. The Hall–Kier alpha value is -1.25. The van der Waals surface area contributed by atoms with Gasteiger partial charge in [0.1, 0.15) is 13.2 Å². The summed E-state index contributed by atoms with van der Waals surface area (Å²) in [5.41, 5.74) is -0.924.